The third-order valence-corrected chi connectivity index (χ3v) is 37.0. The number of rotatable bonds is 19. The quantitative estimate of drug-likeness (QED) is 0.0566. The monoisotopic (exact) mass is 1600 g/mol. The van der Waals surface area contributed by atoms with Gasteiger partial charge >= 0.3 is 631 Å². The molecule has 4 nitrogen and oxygen atoms in total. The van der Waals surface area contributed by atoms with Gasteiger partial charge in [-0.05, 0) is 0 Å². The Morgan fingerprint density at radius 1 is 0.310 bits per heavy atom. The Bertz CT molecular complexity index is 4070. The van der Waals surface area contributed by atoms with E-state index in [9.17, 15) is 0 Å². The molecule has 0 amide bonds. The average Bonchev–Trinajstić information content (AvgIpc) is 0.797. The van der Waals surface area contributed by atoms with Gasteiger partial charge < -0.3 is 0 Å². The van der Waals surface area contributed by atoms with Crippen LogP contribution in [0.1, 0.15) is 177 Å². The molecule has 0 saturated heterocycles. The summed E-state index contributed by atoms with van der Waals surface area (Å²) in [6.45, 7) is 45.7. The third-order valence-electron chi connectivity index (χ3n) is 19.6. The van der Waals surface area contributed by atoms with Gasteiger partial charge in [-0.1, -0.05) is 0 Å². The summed E-state index contributed by atoms with van der Waals surface area (Å²) in [5.41, 5.74) is 28.4. The molecule has 0 aliphatic carbocycles. The van der Waals surface area contributed by atoms with Crippen molar-refractivity contribution >= 4 is 70.6 Å². The second kappa shape index (κ2) is 35.6. The van der Waals surface area contributed by atoms with Crippen molar-refractivity contribution < 1.29 is 18.3 Å². The van der Waals surface area contributed by atoms with E-state index in [1.165, 1.54) is 115 Å². The van der Waals surface area contributed by atoms with Gasteiger partial charge in [0.15, 0.2) is 0 Å². The molecule has 0 aliphatic rings. The Kier molecular flexibility index (Phi) is 30.7. The summed E-state index contributed by atoms with van der Waals surface area (Å²) in [7, 11) is 8.84. The maximum atomic E-state index is 2.50. The summed E-state index contributed by atoms with van der Waals surface area (Å²) in [5.74, 6) is 34.0. The molecule has 0 radical (unpaired) electrons. The van der Waals surface area contributed by atoms with Gasteiger partial charge in [-0.25, -0.2) is 0 Å². The van der Waals surface area contributed by atoms with Gasteiger partial charge in [0.2, 0.25) is 0 Å². The number of nitrogens with zero attached hydrogens (tertiary/aromatic N) is 4. The van der Waals surface area contributed by atoms with Crippen molar-refractivity contribution in [2.24, 2.45) is 57.8 Å². The molecule has 8 rings (SSSR count). The molecule has 0 N–H and O–H groups in total. The first-order chi connectivity index (χ1) is 45.9. The normalized spacial score (nSPS) is 12.3. The molecule has 100 heavy (non-hydrogen) atoms. The van der Waals surface area contributed by atoms with Crippen LogP contribution >= 0.6 is 0 Å². The summed E-state index contributed by atoms with van der Waals surface area (Å²) in [5, 5.41) is 0. The van der Waals surface area contributed by atoms with E-state index in [-0.39, 0.29) is 5.41 Å². The predicted octanol–water partition coefficient (Wildman–Crippen LogP) is 20.8. The number of aryl methyl sites for hydroxylation is 9. The predicted molar refractivity (Wildman–Crippen MR) is 453 cm³/mol. The standard InChI is InChI=1S/2C24H38GeN.C23H36GeN.C21H32GeN/c1-17(2)13-19-15-23(26(10)16-22(19)25(7,8)9)21-12-11-20(14-18(21)3)24(4,5)6;1-17(2)12-20-10-11-22(19(5)14-20)24-15-21(13-18(3)4)23(16-26(24)9)25(6,7)8;1-16(2)12-20-14-23(25(9)15-22(20)24(6,7)8)21-11-10-19(17(3)4)13-18(21)5;1-15(2)11-18-13-21(19-10-9-16(3)12-17(19)4)23(8)14-20(18)22(5,6)7/h11-12,14-17H,13H2,1-10H3;10-11,14-18H,12-13H2,1-9H3;10-11,13-17H,12H2,1-9H3;9-10,12-15H,11H2,1-8H3/q4*+1. The maximum absolute atomic E-state index is 2.50. The van der Waals surface area contributed by atoms with E-state index in [0.717, 1.165) is 6.42 Å². The molecule has 8 aromatic rings. The SMILES string of the molecule is Cc1cc(C(C)(C)C)ccc1-c1cc(CC(C)C)[c]([Ge]([CH3])([CH3])[CH3])c[n+]1C.Cc1cc(C(C)C)ccc1-c1cc(CC(C)C)[c]([Ge]([CH3])([CH3])[CH3])c[n+]1C.Cc1cc(CC(C)C)ccc1-c1cc(CC(C)C)[c]([Ge]([CH3])([CH3])[CH3])c[n+]1C.Cc1ccc(-c2cc(CC(C)C)[c]([Ge]([CH3])([CH3])[CH3])c[n+]2C)c(C)c1. The fourth-order valence-corrected chi connectivity index (χ4v) is 28.9. The fourth-order valence-electron chi connectivity index (χ4n) is 14.4. The molecule has 4 aromatic carbocycles. The number of hydrogen-bond acceptors (Lipinski definition) is 0. The van der Waals surface area contributed by atoms with Crippen LogP contribution in [0.25, 0.3) is 45.0 Å². The van der Waals surface area contributed by atoms with Crippen molar-refractivity contribution in [2.45, 2.75) is 251 Å². The number of benzene rings is 4. The Morgan fingerprint density at radius 2 is 0.580 bits per heavy atom. The van der Waals surface area contributed by atoms with Crippen molar-refractivity contribution in [3.8, 4) is 45.0 Å². The molecule has 544 valence electrons. The summed E-state index contributed by atoms with van der Waals surface area (Å²) in [6.07, 6.45) is 15.6. The van der Waals surface area contributed by atoms with Crippen molar-refractivity contribution in [2.75, 3.05) is 0 Å². The van der Waals surface area contributed by atoms with Crippen LogP contribution in [0, 0.1) is 64.2 Å². The van der Waals surface area contributed by atoms with Crippen molar-refractivity contribution in [3.63, 3.8) is 0 Å². The second-order valence-corrected chi connectivity index (χ2v) is 80.1. The molecule has 0 unspecified atom stereocenters. The summed E-state index contributed by atoms with van der Waals surface area (Å²) in [4.78, 5) is 0. The average molecular weight is 1600 g/mol. The van der Waals surface area contributed by atoms with E-state index in [0.29, 0.717) is 35.5 Å². The molecular formula is C92H144Ge4N4+4. The van der Waals surface area contributed by atoms with Gasteiger partial charge in [-0.2, -0.15) is 0 Å². The van der Waals surface area contributed by atoms with Crippen LogP contribution in [0.3, 0.4) is 0 Å². The first-order valence-electron chi connectivity index (χ1n) is 38.4. The Labute approximate surface area is 625 Å². The summed E-state index contributed by atoms with van der Waals surface area (Å²) in [6, 6.07) is 37.7. The van der Waals surface area contributed by atoms with Gasteiger partial charge in [-0.3, -0.25) is 0 Å². The van der Waals surface area contributed by atoms with Gasteiger partial charge in [0.1, 0.15) is 0 Å². The molecule has 4 aromatic heterocycles. The van der Waals surface area contributed by atoms with E-state index >= 15 is 0 Å². The molecule has 4 heterocycles. The summed E-state index contributed by atoms with van der Waals surface area (Å²) < 4.78 is 16.0. The number of aromatic nitrogens is 4. The zero-order valence-corrected chi connectivity index (χ0v) is 79.2. The van der Waals surface area contributed by atoms with Gasteiger partial charge in [-0.15, -0.1) is 0 Å². The Hall–Kier alpha value is -4.35. The molecule has 0 aliphatic heterocycles. The van der Waals surface area contributed by atoms with Gasteiger partial charge in [0.05, 0.1) is 0 Å². The van der Waals surface area contributed by atoms with Crippen molar-refractivity contribution in [1.29, 1.82) is 0 Å². The number of hydrogen-bond donors (Lipinski definition) is 0. The van der Waals surface area contributed by atoms with Crippen LogP contribution < -0.4 is 35.9 Å². The van der Waals surface area contributed by atoms with E-state index in [1.807, 2.05) is 0 Å². The zero-order valence-electron chi connectivity index (χ0n) is 70.8. The van der Waals surface area contributed by atoms with Crippen LogP contribution in [0.2, 0.25) is 69.1 Å². The van der Waals surface area contributed by atoms with Crippen LogP contribution in [-0.4, -0.2) is 53.1 Å². The van der Waals surface area contributed by atoms with Gasteiger partial charge in [0, 0.05) is 0 Å². The first kappa shape index (κ1) is 86.3. The fraction of sp³-hybridized carbons (Fsp3) is 0.522. The Balaban J connectivity index is 0.000000241. The minimum absolute atomic E-state index is 0.192. The van der Waals surface area contributed by atoms with E-state index < -0.39 is 53.1 Å². The van der Waals surface area contributed by atoms with E-state index in [1.54, 1.807) is 39.8 Å². The van der Waals surface area contributed by atoms with E-state index in [2.05, 4.69) is 376 Å². The van der Waals surface area contributed by atoms with Crippen LogP contribution in [0.5, 0.6) is 0 Å². The molecule has 8 heteroatoms. The molecule has 0 fully saturated rings. The summed E-state index contributed by atoms with van der Waals surface area (Å²) >= 11 is -7.56. The van der Waals surface area contributed by atoms with Crippen molar-refractivity contribution in [3.05, 3.63) is 189 Å². The first-order valence-corrected chi connectivity index (χ1v) is 67.8. The van der Waals surface area contributed by atoms with E-state index in [4.69, 9.17) is 0 Å². The van der Waals surface area contributed by atoms with Gasteiger partial charge in [0.25, 0.3) is 0 Å². The van der Waals surface area contributed by atoms with Crippen LogP contribution in [-0.2, 0) is 65.7 Å². The minimum atomic E-state index is -1.90. The third kappa shape index (κ3) is 24.4. The zero-order chi connectivity index (χ0) is 75.8. The number of pyridine rings is 4. The molecular weight excluding hydrogens is 1450 g/mol. The topological polar surface area (TPSA) is 15.5 Å². The Morgan fingerprint density at radius 3 is 0.830 bits per heavy atom. The van der Waals surface area contributed by atoms with Crippen LogP contribution in [0.15, 0.2) is 122 Å². The van der Waals surface area contributed by atoms with Crippen molar-refractivity contribution in [1.82, 2.24) is 0 Å². The van der Waals surface area contributed by atoms with Crippen LogP contribution in [0.4, 0.5) is 0 Å². The molecule has 0 atom stereocenters. The second-order valence-electron chi connectivity index (χ2n) is 37.8. The molecule has 0 spiro atoms. The molecule has 0 bridgehead atoms. The molecule has 0 saturated carbocycles.